The molecule has 0 bridgehead atoms. The van der Waals surface area contributed by atoms with Gasteiger partial charge in [-0.1, -0.05) is 35.4 Å². The van der Waals surface area contributed by atoms with E-state index in [0.29, 0.717) is 11.4 Å². The Hall–Kier alpha value is -3.11. The molecule has 0 saturated carbocycles. The number of aromatic nitrogens is 2. The zero-order valence-corrected chi connectivity index (χ0v) is 17.9. The van der Waals surface area contributed by atoms with Crippen molar-refractivity contribution in [2.45, 2.75) is 33.1 Å². The molecule has 0 spiro atoms. The van der Waals surface area contributed by atoms with E-state index in [4.69, 9.17) is 11.6 Å². The summed E-state index contributed by atoms with van der Waals surface area (Å²) in [5.41, 5.74) is 7.11. The Morgan fingerprint density at radius 1 is 1.10 bits per heavy atom. The van der Waals surface area contributed by atoms with Gasteiger partial charge in [0.1, 0.15) is 0 Å². The number of benzene rings is 2. The molecule has 4 rings (SSSR count). The largest absolute Gasteiger partial charge is 0.353 e. The summed E-state index contributed by atoms with van der Waals surface area (Å²) in [6.07, 6.45) is 3.77. The molecule has 2 N–H and O–H groups in total. The van der Waals surface area contributed by atoms with Crippen molar-refractivity contribution in [2.75, 3.05) is 5.32 Å². The number of hydrogen-bond donors (Lipinski definition) is 2. The number of anilines is 1. The summed E-state index contributed by atoms with van der Waals surface area (Å²) >= 11 is 6.15. The van der Waals surface area contributed by atoms with Gasteiger partial charge in [-0.25, -0.2) is 0 Å². The van der Waals surface area contributed by atoms with Gasteiger partial charge in [0.15, 0.2) is 0 Å². The number of fused-ring (bicyclic) bond motifs is 1. The number of carbonyl (C=O) groups is 1. The lowest BCUT2D eigenvalue weighted by Crippen LogP contribution is -2.12. The van der Waals surface area contributed by atoms with Crippen molar-refractivity contribution in [1.82, 2.24) is 9.97 Å². The van der Waals surface area contributed by atoms with Crippen molar-refractivity contribution < 1.29 is 4.79 Å². The number of rotatable bonds is 6. The minimum atomic E-state index is -0.00391. The lowest BCUT2D eigenvalue weighted by molar-refractivity contribution is -0.116. The molecule has 2 aromatic carbocycles. The molecule has 4 nitrogen and oxygen atoms in total. The first-order valence-electron chi connectivity index (χ1n) is 10.1. The Bertz CT molecular complexity index is 1200. The molecule has 5 heteroatoms. The van der Waals surface area contributed by atoms with Gasteiger partial charge in [0.25, 0.3) is 0 Å². The van der Waals surface area contributed by atoms with Crippen LogP contribution in [-0.2, 0) is 11.2 Å². The highest BCUT2D eigenvalue weighted by Crippen LogP contribution is 2.31. The zero-order valence-electron chi connectivity index (χ0n) is 17.1. The minimum absolute atomic E-state index is 0.00391. The number of carbonyl (C=O) groups excluding carboxylic acids is 1. The first kappa shape index (κ1) is 20.2. The third kappa shape index (κ3) is 4.24. The number of nitrogens with zero attached hydrogens (tertiary/aromatic N) is 1. The number of aromatic amines is 1. The van der Waals surface area contributed by atoms with Crippen LogP contribution in [0, 0.1) is 13.8 Å². The molecule has 0 aliphatic carbocycles. The Labute approximate surface area is 181 Å². The van der Waals surface area contributed by atoms with E-state index in [-0.39, 0.29) is 5.91 Å². The van der Waals surface area contributed by atoms with Crippen molar-refractivity contribution in [3.63, 3.8) is 0 Å². The van der Waals surface area contributed by atoms with Gasteiger partial charge in [-0.3, -0.25) is 9.78 Å². The number of nitrogens with one attached hydrogen (secondary N) is 2. The molecule has 152 valence electrons. The average molecular weight is 418 g/mol. The van der Waals surface area contributed by atoms with Crippen LogP contribution in [-0.4, -0.2) is 15.9 Å². The van der Waals surface area contributed by atoms with Crippen molar-refractivity contribution in [3.05, 3.63) is 82.5 Å². The molecule has 2 aromatic heterocycles. The topological polar surface area (TPSA) is 57.8 Å². The van der Waals surface area contributed by atoms with Crippen molar-refractivity contribution in [2.24, 2.45) is 0 Å². The Morgan fingerprint density at radius 3 is 2.77 bits per heavy atom. The molecule has 1 amide bonds. The summed E-state index contributed by atoms with van der Waals surface area (Å²) in [7, 11) is 0. The summed E-state index contributed by atoms with van der Waals surface area (Å²) in [5.74, 6) is -0.00391. The third-order valence-corrected chi connectivity index (χ3v) is 5.76. The SMILES string of the molecule is Cc1ccc2[nH]c(-c3ccccn3)c(CCCC(=O)Nc3cccc(Cl)c3C)c2c1. The van der Waals surface area contributed by atoms with Crippen LogP contribution >= 0.6 is 11.6 Å². The second-order valence-electron chi connectivity index (χ2n) is 7.56. The Kier molecular flexibility index (Phi) is 5.86. The third-order valence-electron chi connectivity index (χ3n) is 5.36. The van der Waals surface area contributed by atoms with Crippen LogP contribution in [0.15, 0.2) is 60.8 Å². The van der Waals surface area contributed by atoms with Crippen molar-refractivity contribution >= 4 is 34.1 Å². The van der Waals surface area contributed by atoms with Gasteiger partial charge >= 0.3 is 0 Å². The normalized spacial score (nSPS) is 11.0. The highest BCUT2D eigenvalue weighted by atomic mass is 35.5. The van der Waals surface area contributed by atoms with E-state index >= 15 is 0 Å². The number of amides is 1. The maximum Gasteiger partial charge on any atom is 0.224 e. The first-order chi connectivity index (χ1) is 14.5. The molecule has 0 aliphatic rings. The second-order valence-corrected chi connectivity index (χ2v) is 7.96. The number of halogens is 1. The van der Waals surface area contributed by atoms with Crippen LogP contribution in [0.1, 0.15) is 29.5 Å². The maximum atomic E-state index is 12.5. The van der Waals surface area contributed by atoms with Crippen LogP contribution in [0.4, 0.5) is 5.69 Å². The van der Waals surface area contributed by atoms with E-state index in [1.54, 1.807) is 6.20 Å². The van der Waals surface area contributed by atoms with Crippen LogP contribution < -0.4 is 5.32 Å². The molecule has 0 unspecified atom stereocenters. The minimum Gasteiger partial charge on any atom is -0.353 e. The monoisotopic (exact) mass is 417 g/mol. The number of pyridine rings is 1. The summed E-state index contributed by atoms with van der Waals surface area (Å²) in [6.45, 7) is 4.00. The van der Waals surface area contributed by atoms with E-state index in [0.717, 1.165) is 41.0 Å². The van der Waals surface area contributed by atoms with Gasteiger partial charge < -0.3 is 10.3 Å². The molecule has 0 saturated heterocycles. The molecule has 2 heterocycles. The maximum absolute atomic E-state index is 12.5. The molecule has 30 heavy (non-hydrogen) atoms. The zero-order chi connectivity index (χ0) is 21.1. The lowest BCUT2D eigenvalue weighted by Gasteiger charge is -2.10. The molecular weight excluding hydrogens is 394 g/mol. The molecule has 0 fully saturated rings. The Morgan fingerprint density at radius 2 is 1.97 bits per heavy atom. The standard InChI is InChI=1S/C25H24ClN3O/c1-16-12-13-22-19(15-16)18(25(29-22)23-9-3-4-14-27-23)7-5-11-24(30)28-21-10-6-8-20(26)17(21)2/h3-4,6,8-10,12-15,29H,5,7,11H2,1-2H3,(H,28,30). The highest BCUT2D eigenvalue weighted by Gasteiger charge is 2.15. The van der Waals surface area contributed by atoms with Crippen LogP contribution in [0.5, 0.6) is 0 Å². The predicted molar refractivity (Wildman–Crippen MR) is 124 cm³/mol. The fourth-order valence-electron chi connectivity index (χ4n) is 3.73. The average Bonchev–Trinajstić information content (AvgIpc) is 3.10. The van der Waals surface area contributed by atoms with Gasteiger partial charge in [-0.05, 0) is 74.2 Å². The Balaban J connectivity index is 1.53. The summed E-state index contributed by atoms with van der Waals surface area (Å²) < 4.78 is 0. The van der Waals surface area contributed by atoms with Crippen molar-refractivity contribution in [3.8, 4) is 11.4 Å². The van der Waals surface area contributed by atoms with Gasteiger partial charge in [0.2, 0.25) is 5.91 Å². The lowest BCUT2D eigenvalue weighted by atomic mass is 10.0. The fraction of sp³-hybridized carbons (Fsp3) is 0.200. The fourth-order valence-corrected chi connectivity index (χ4v) is 3.91. The second kappa shape index (κ2) is 8.72. The number of aryl methyl sites for hydroxylation is 2. The number of hydrogen-bond acceptors (Lipinski definition) is 2. The molecule has 0 aliphatic heterocycles. The van der Waals surface area contributed by atoms with E-state index in [1.807, 2.05) is 43.3 Å². The summed E-state index contributed by atoms with van der Waals surface area (Å²) in [4.78, 5) is 20.5. The molecule has 4 aromatic rings. The first-order valence-corrected chi connectivity index (χ1v) is 10.5. The van der Waals surface area contributed by atoms with E-state index in [1.165, 1.54) is 16.5 Å². The van der Waals surface area contributed by atoms with Gasteiger partial charge in [0, 0.05) is 34.2 Å². The highest BCUT2D eigenvalue weighted by molar-refractivity contribution is 6.31. The van der Waals surface area contributed by atoms with Gasteiger partial charge in [-0.15, -0.1) is 0 Å². The van der Waals surface area contributed by atoms with Gasteiger partial charge in [0.05, 0.1) is 11.4 Å². The molecular formula is C25H24ClN3O. The number of H-pyrrole nitrogens is 1. The smallest absolute Gasteiger partial charge is 0.224 e. The molecule has 0 radical (unpaired) electrons. The predicted octanol–water partition coefficient (Wildman–Crippen LogP) is 6.46. The summed E-state index contributed by atoms with van der Waals surface area (Å²) in [6, 6.07) is 17.9. The van der Waals surface area contributed by atoms with Crippen LogP contribution in [0.3, 0.4) is 0 Å². The van der Waals surface area contributed by atoms with E-state index < -0.39 is 0 Å². The quantitative estimate of drug-likeness (QED) is 0.378. The van der Waals surface area contributed by atoms with E-state index in [9.17, 15) is 4.79 Å². The van der Waals surface area contributed by atoms with Crippen molar-refractivity contribution in [1.29, 1.82) is 0 Å². The summed E-state index contributed by atoms with van der Waals surface area (Å²) in [5, 5.41) is 4.83. The van der Waals surface area contributed by atoms with Crippen LogP contribution in [0.2, 0.25) is 5.02 Å². The van der Waals surface area contributed by atoms with Crippen LogP contribution in [0.25, 0.3) is 22.3 Å². The van der Waals surface area contributed by atoms with E-state index in [2.05, 4.69) is 40.4 Å². The van der Waals surface area contributed by atoms with Gasteiger partial charge in [-0.2, -0.15) is 0 Å². The molecule has 0 atom stereocenters.